The number of rotatable bonds is 4. The molecule has 2 N–H and O–H groups in total. The molecule has 0 fully saturated rings. The molecule has 0 aliphatic carbocycles. The van der Waals surface area contributed by atoms with Crippen LogP contribution in [-0.4, -0.2) is 25.8 Å². The number of aromatic amines is 1. The molecule has 0 bridgehead atoms. The summed E-state index contributed by atoms with van der Waals surface area (Å²) >= 11 is 1.20. The van der Waals surface area contributed by atoms with Crippen LogP contribution in [0.15, 0.2) is 59.2 Å². The highest BCUT2D eigenvalue weighted by molar-refractivity contribution is 7.13. The topological polar surface area (TPSA) is 101 Å². The highest BCUT2D eigenvalue weighted by Gasteiger charge is 2.17. The fraction of sp³-hybridized carbons (Fsp3) is 0.0556. The fourth-order valence-electron chi connectivity index (χ4n) is 2.51. The monoisotopic (exact) mass is 363 g/mol. The molecular formula is C18H13N5O2S. The van der Waals surface area contributed by atoms with Crippen LogP contribution in [0.5, 0.6) is 0 Å². The van der Waals surface area contributed by atoms with Gasteiger partial charge in [0.05, 0.1) is 5.39 Å². The van der Waals surface area contributed by atoms with Gasteiger partial charge in [0.2, 0.25) is 0 Å². The van der Waals surface area contributed by atoms with Gasteiger partial charge in [-0.1, -0.05) is 6.07 Å². The summed E-state index contributed by atoms with van der Waals surface area (Å²) in [6, 6.07) is 7.19. The van der Waals surface area contributed by atoms with E-state index < -0.39 is 0 Å². The first kappa shape index (κ1) is 16.1. The molecule has 0 saturated heterocycles. The predicted octanol–water partition coefficient (Wildman–Crippen LogP) is 2.37. The molecule has 0 spiro atoms. The lowest BCUT2D eigenvalue weighted by Gasteiger charge is -2.05. The summed E-state index contributed by atoms with van der Waals surface area (Å²) in [5.74, 6) is 0.136. The van der Waals surface area contributed by atoms with Crippen molar-refractivity contribution in [3.05, 3.63) is 75.2 Å². The summed E-state index contributed by atoms with van der Waals surface area (Å²) in [5.41, 5.74) is 1.75. The molecule has 128 valence electrons. The van der Waals surface area contributed by atoms with Gasteiger partial charge in [-0.3, -0.25) is 19.6 Å². The maximum atomic E-state index is 12.6. The molecule has 4 aromatic heterocycles. The van der Waals surface area contributed by atoms with E-state index in [0.717, 1.165) is 11.1 Å². The molecule has 4 heterocycles. The van der Waals surface area contributed by atoms with E-state index in [1.54, 1.807) is 42.3 Å². The average Bonchev–Trinajstić information content (AvgIpc) is 3.12. The summed E-state index contributed by atoms with van der Waals surface area (Å²) < 4.78 is 0. The van der Waals surface area contributed by atoms with Crippen molar-refractivity contribution in [3.63, 3.8) is 0 Å². The number of nitrogens with one attached hydrogen (secondary N) is 2. The molecule has 0 atom stereocenters. The molecule has 0 aromatic carbocycles. The van der Waals surface area contributed by atoms with Crippen molar-refractivity contribution in [2.75, 3.05) is 0 Å². The lowest BCUT2D eigenvalue weighted by Crippen LogP contribution is -2.22. The summed E-state index contributed by atoms with van der Waals surface area (Å²) in [5, 5.41) is 4.89. The molecule has 1 amide bonds. The molecule has 0 unspecified atom stereocenters. The van der Waals surface area contributed by atoms with E-state index in [2.05, 4.69) is 25.3 Å². The van der Waals surface area contributed by atoms with Gasteiger partial charge in [-0.05, 0) is 23.8 Å². The van der Waals surface area contributed by atoms with Crippen molar-refractivity contribution < 1.29 is 4.79 Å². The van der Waals surface area contributed by atoms with Crippen LogP contribution in [0.1, 0.15) is 15.2 Å². The van der Waals surface area contributed by atoms with Gasteiger partial charge < -0.3 is 10.3 Å². The normalized spacial score (nSPS) is 10.8. The highest BCUT2D eigenvalue weighted by Crippen LogP contribution is 2.23. The van der Waals surface area contributed by atoms with Crippen molar-refractivity contribution in [3.8, 4) is 11.4 Å². The molecular weight excluding hydrogens is 350 g/mol. The van der Waals surface area contributed by atoms with E-state index in [4.69, 9.17) is 0 Å². The molecule has 0 saturated carbocycles. The number of amides is 1. The summed E-state index contributed by atoms with van der Waals surface area (Å²) in [7, 11) is 0. The Morgan fingerprint density at radius 3 is 2.77 bits per heavy atom. The number of H-pyrrole nitrogens is 1. The van der Waals surface area contributed by atoms with Crippen LogP contribution in [0.25, 0.3) is 22.3 Å². The summed E-state index contributed by atoms with van der Waals surface area (Å²) in [6.07, 6.45) is 6.61. The van der Waals surface area contributed by atoms with Gasteiger partial charge in [0.15, 0.2) is 0 Å². The minimum Gasteiger partial charge on any atom is -0.347 e. The molecule has 7 nitrogen and oxygen atoms in total. The Bertz CT molecular complexity index is 1120. The van der Waals surface area contributed by atoms with E-state index in [1.165, 1.54) is 11.3 Å². The van der Waals surface area contributed by atoms with Crippen molar-refractivity contribution in [2.24, 2.45) is 0 Å². The maximum Gasteiger partial charge on any atom is 0.263 e. The van der Waals surface area contributed by atoms with Gasteiger partial charge in [-0.25, -0.2) is 4.98 Å². The van der Waals surface area contributed by atoms with Gasteiger partial charge in [-0.15, -0.1) is 11.3 Å². The van der Waals surface area contributed by atoms with E-state index in [1.807, 2.05) is 12.1 Å². The Hall–Kier alpha value is -3.39. The minimum absolute atomic E-state index is 0.271. The first-order valence-corrected chi connectivity index (χ1v) is 8.69. The molecule has 26 heavy (non-hydrogen) atoms. The third-order valence-electron chi connectivity index (χ3n) is 3.80. The molecule has 0 aliphatic rings. The van der Waals surface area contributed by atoms with Gasteiger partial charge in [0.1, 0.15) is 16.2 Å². The standard InChI is InChI=1S/C18H13N5O2S/c24-17-13-10-26-15(18(25)21-9-11-2-1-5-20-8-11)14(13)22-16(23-17)12-3-6-19-7-4-12/h1-8,10H,9H2,(H,21,25)(H,22,23,24). The lowest BCUT2D eigenvalue weighted by atomic mass is 10.2. The third-order valence-corrected chi connectivity index (χ3v) is 4.77. The van der Waals surface area contributed by atoms with Crippen LogP contribution in [0.3, 0.4) is 0 Å². The number of hydrogen-bond donors (Lipinski definition) is 2. The second kappa shape index (κ2) is 6.85. The lowest BCUT2D eigenvalue weighted by molar-refractivity contribution is 0.0956. The Morgan fingerprint density at radius 2 is 2.00 bits per heavy atom. The number of thiophene rings is 1. The van der Waals surface area contributed by atoms with Crippen molar-refractivity contribution in [2.45, 2.75) is 6.54 Å². The van der Waals surface area contributed by atoms with Crippen molar-refractivity contribution in [1.29, 1.82) is 0 Å². The molecule has 4 aromatic rings. The highest BCUT2D eigenvalue weighted by atomic mass is 32.1. The average molecular weight is 363 g/mol. The number of pyridine rings is 2. The number of fused-ring (bicyclic) bond motifs is 1. The minimum atomic E-state index is -0.274. The van der Waals surface area contributed by atoms with Crippen LogP contribution in [0.4, 0.5) is 0 Å². The van der Waals surface area contributed by atoms with Gasteiger partial charge in [0.25, 0.3) is 11.5 Å². The quantitative estimate of drug-likeness (QED) is 0.580. The molecule has 4 rings (SSSR count). The first-order chi connectivity index (χ1) is 12.7. The van der Waals surface area contributed by atoms with E-state index in [-0.39, 0.29) is 11.5 Å². The largest absolute Gasteiger partial charge is 0.347 e. The number of carbonyl (C=O) groups is 1. The Balaban J connectivity index is 1.68. The van der Waals surface area contributed by atoms with E-state index >= 15 is 0 Å². The van der Waals surface area contributed by atoms with E-state index in [9.17, 15) is 9.59 Å². The van der Waals surface area contributed by atoms with Crippen molar-refractivity contribution in [1.82, 2.24) is 25.3 Å². The number of hydrogen-bond acceptors (Lipinski definition) is 6. The Kier molecular flexibility index (Phi) is 4.24. The zero-order chi connectivity index (χ0) is 17.9. The Morgan fingerprint density at radius 1 is 1.15 bits per heavy atom. The van der Waals surface area contributed by atoms with Gasteiger partial charge in [-0.2, -0.15) is 0 Å². The number of nitrogens with zero attached hydrogens (tertiary/aromatic N) is 3. The SMILES string of the molecule is O=C(NCc1cccnc1)c1scc2c(=O)[nH]c(-c3ccncc3)nc12. The third kappa shape index (κ3) is 3.09. The van der Waals surface area contributed by atoms with Crippen molar-refractivity contribution >= 4 is 28.1 Å². The second-order valence-electron chi connectivity index (χ2n) is 5.52. The van der Waals surface area contributed by atoms with Crippen LogP contribution < -0.4 is 10.9 Å². The zero-order valence-corrected chi connectivity index (χ0v) is 14.3. The van der Waals surface area contributed by atoms with Crippen LogP contribution in [0.2, 0.25) is 0 Å². The predicted molar refractivity (Wildman–Crippen MR) is 98.9 cm³/mol. The Labute approximate surface area is 151 Å². The van der Waals surface area contributed by atoms with Crippen LogP contribution >= 0.6 is 11.3 Å². The smallest absolute Gasteiger partial charge is 0.263 e. The number of carbonyl (C=O) groups excluding carboxylic acids is 1. The van der Waals surface area contributed by atoms with Crippen LogP contribution in [-0.2, 0) is 6.54 Å². The van der Waals surface area contributed by atoms with Gasteiger partial charge >= 0.3 is 0 Å². The zero-order valence-electron chi connectivity index (χ0n) is 13.5. The molecule has 0 aliphatic heterocycles. The summed E-state index contributed by atoms with van der Waals surface area (Å²) in [6.45, 7) is 0.354. The summed E-state index contributed by atoms with van der Waals surface area (Å²) in [4.78, 5) is 40.5. The van der Waals surface area contributed by atoms with Crippen LogP contribution in [0, 0.1) is 0 Å². The van der Waals surface area contributed by atoms with E-state index in [0.29, 0.717) is 28.1 Å². The van der Waals surface area contributed by atoms with Gasteiger partial charge in [0, 0.05) is 42.3 Å². The molecule has 0 radical (unpaired) electrons. The molecule has 8 heteroatoms. The second-order valence-corrected chi connectivity index (χ2v) is 6.40. The fourth-order valence-corrected chi connectivity index (χ4v) is 3.41. The number of aromatic nitrogens is 4. The first-order valence-electron chi connectivity index (χ1n) is 7.81. The maximum absolute atomic E-state index is 12.6.